The van der Waals surface area contributed by atoms with Gasteiger partial charge in [0.15, 0.2) is 0 Å². The molecule has 0 aliphatic heterocycles. The summed E-state index contributed by atoms with van der Waals surface area (Å²) in [5, 5.41) is 7.42. The molecule has 0 unspecified atom stereocenters. The van der Waals surface area contributed by atoms with Crippen LogP contribution in [0.5, 0.6) is 0 Å². The predicted octanol–water partition coefficient (Wildman–Crippen LogP) is 5.72. The standard InChI is InChI=1S/C21H34O.C2H4O2/c1-14(22)17-9-10-18-16-8-7-15-6-4-5-12-20(15,2)19(16)11-13-21(17,18)3;1-2(3)4/h15-19H,4-13H2,1-3H3;1H3,(H,3,4)/t15-,16+,17-,18+,19+,20+,21-;/m1./s1. The van der Waals surface area contributed by atoms with Gasteiger partial charge in [-0.05, 0) is 92.8 Å². The number of carboxylic acid groups (broad SMARTS) is 1. The summed E-state index contributed by atoms with van der Waals surface area (Å²) in [4.78, 5) is 21.2. The van der Waals surface area contributed by atoms with Crippen LogP contribution in [-0.4, -0.2) is 16.9 Å². The molecule has 3 heteroatoms. The minimum absolute atomic E-state index is 0.338. The first kappa shape index (κ1) is 19.9. The summed E-state index contributed by atoms with van der Waals surface area (Å²) in [6, 6.07) is 0. The van der Waals surface area contributed by atoms with Gasteiger partial charge in [-0.1, -0.05) is 26.7 Å². The summed E-state index contributed by atoms with van der Waals surface area (Å²) in [6.07, 6.45) is 14.1. The van der Waals surface area contributed by atoms with E-state index >= 15 is 0 Å². The number of carbonyl (C=O) groups excluding carboxylic acids is 1. The minimum atomic E-state index is -0.833. The highest BCUT2D eigenvalue weighted by Gasteiger charge is 2.60. The van der Waals surface area contributed by atoms with Gasteiger partial charge in [0.1, 0.15) is 5.78 Å². The fraction of sp³-hybridized carbons (Fsp3) is 0.913. The summed E-state index contributed by atoms with van der Waals surface area (Å²) in [5.41, 5.74) is 0.974. The van der Waals surface area contributed by atoms with E-state index in [1.165, 1.54) is 64.2 Å². The van der Waals surface area contributed by atoms with Crippen molar-refractivity contribution in [3.63, 3.8) is 0 Å². The van der Waals surface area contributed by atoms with Crippen LogP contribution in [0.3, 0.4) is 0 Å². The lowest BCUT2D eigenvalue weighted by Gasteiger charge is -2.60. The van der Waals surface area contributed by atoms with Gasteiger partial charge < -0.3 is 5.11 Å². The van der Waals surface area contributed by atoms with Gasteiger partial charge in [0.2, 0.25) is 0 Å². The van der Waals surface area contributed by atoms with Gasteiger partial charge in [0.05, 0.1) is 0 Å². The number of fused-ring (bicyclic) bond motifs is 5. The van der Waals surface area contributed by atoms with Crippen LogP contribution in [-0.2, 0) is 9.59 Å². The van der Waals surface area contributed by atoms with Crippen LogP contribution in [0.1, 0.15) is 91.9 Å². The fourth-order valence-corrected chi connectivity index (χ4v) is 7.96. The molecular formula is C23H38O3. The summed E-state index contributed by atoms with van der Waals surface area (Å²) >= 11 is 0. The van der Waals surface area contributed by atoms with E-state index in [1.807, 2.05) is 6.92 Å². The molecule has 0 saturated heterocycles. The van der Waals surface area contributed by atoms with E-state index in [0.29, 0.717) is 22.5 Å². The Morgan fingerprint density at radius 3 is 2.12 bits per heavy atom. The Bertz CT molecular complexity index is 552. The maximum atomic E-state index is 12.2. The summed E-state index contributed by atoms with van der Waals surface area (Å²) in [5.74, 6) is 3.77. The third kappa shape index (κ3) is 3.24. The quantitative estimate of drug-likeness (QED) is 0.649. The van der Waals surface area contributed by atoms with Crippen molar-refractivity contribution < 1.29 is 14.7 Å². The van der Waals surface area contributed by atoms with Gasteiger partial charge in [-0.2, -0.15) is 0 Å². The Hall–Kier alpha value is -0.860. The Morgan fingerprint density at radius 1 is 0.808 bits per heavy atom. The fourth-order valence-electron chi connectivity index (χ4n) is 7.96. The lowest BCUT2D eigenvalue weighted by atomic mass is 9.45. The van der Waals surface area contributed by atoms with E-state index in [-0.39, 0.29) is 0 Å². The molecule has 3 nitrogen and oxygen atoms in total. The van der Waals surface area contributed by atoms with Crippen LogP contribution in [0.15, 0.2) is 0 Å². The molecule has 0 aromatic heterocycles. The van der Waals surface area contributed by atoms with Crippen LogP contribution in [0.25, 0.3) is 0 Å². The smallest absolute Gasteiger partial charge is 0.300 e. The monoisotopic (exact) mass is 362 g/mol. The van der Waals surface area contributed by atoms with Gasteiger partial charge in [-0.3, -0.25) is 9.59 Å². The normalized spacial score (nSPS) is 46.8. The molecular weight excluding hydrogens is 324 g/mol. The van der Waals surface area contributed by atoms with Crippen LogP contribution in [0.4, 0.5) is 0 Å². The van der Waals surface area contributed by atoms with Gasteiger partial charge in [0, 0.05) is 12.8 Å². The molecule has 0 heterocycles. The summed E-state index contributed by atoms with van der Waals surface area (Å²) in [7, 11) is 0. The van der Waals surface area contributed by atoms with Crippen LogP contribution in [0, 0.1) is 40.4 Å². The molecule has 4 fully saturated rings. The minimum Gasteiger partial charge on any atom is -0.481 e. The highest BCUT2D eigenvalue weighted by Crippen LogP contribution is 2.67. The number of carboxylic acids is 1. The average molecular weight is 363 g/mol. The van der Waals surface area contributed by atoms with Crippen molar-refractivity contribution in [1.82, 2.24) is 0 Å². The van der Waals surface area contributed by atoms with Crippen LogP contribution >= 0.6 is 0 Å². The highest BCUT2D eigenvalue weighted by atomic mass is 16.4. The molecule has 7 atom stereocenters. The highest BCUT2D eigenvalue weighted by molar-refractivity contribution is 5.79. The maximum absolute atomic E-state index is 12.2. The number of ketones is 1. The summed E-state index contributed by atoms with van der Waals surface area (Å²) in [6.45, 7) is 8.06. The Morgan fingerprint density at radius 2 is 1.46 bits per heavy atom. The van der Waals surface area contributed by atoms with E-state index in [2.05, 4.69) is 13.8 Å². The number of hydrogen-bond donors (Lipinski definition) is 1. The molecule has 4 rings (SSSR count). The molecule has 26 heavy (non-hydrogen) atoms. The van der Waals surface area contributed by atoms with Crippen molar-refractivity contribution in [3.05, 3.63) is 0 Å². The van der Waals surface area contributed by atoms with E-state index < -0.39 is 5.97 Å². The SMILES string of the molecule is CC(=O)O.CC(=O)[C@H]1CC[C@H]2[C@@H]3CC[C@H]4CCCC[C@]4(C)[C@H]3CC[C@]12C. The van der Waals surface area contributed by atoms with Crippen molar-refractivity contribution >= 4 is 11.8 Å². The topological polar surface area (TPSA) is 54.4 Å². The Labute approximate surface area is 159 Å². The second-order valence-corrected chi connectivity index (χ2v) is 10.2. The maximum Gasteiger partial charge on any atom is 0.300 e. The van der Waals surface area contributed by atoms with Crippen LogP contribution in [0.2, 0.25) is 0 Å². The molecule has 0 aromatic rings. The second-order valence-electron chi connectivity index (χ2n) is 10.2. The first-order chi connectivity index (χ1) is 12.2. The van der Waals surface area contributed by atoms with E-state index in [1.54, 1.807) is 0 Å². The van der Waals surface area contributed by atoms with Crippen molar-refractivity contribution in [1.29, 1.82) is 0 Å². The molecule has 0 radical (unpaired) electrons. The Balaban J connectivity index is 0.000000447. The van der Waals surface area contributed by atoms with E-state index in [0.717, 1.165) is 30.6 Å². The Kier molecular flexibility index (Phi) is 5.57. The molecule has 1 N–H and O–H groups in total. The lowest BCUT2D eigenvalue weighted by Crippen LogP contribution is -2.53. The first-order valence-electron chi connectivity index (χ1n) is 10.9. The average Bonchev–Trinajstić information content (AvgIpc) is 2.91. The van der Waals surface area contributed by atoms with Crippen molar-refractivity contribution in [2.45, 2.75) is 91.9 Å². The third-order valence-corrected chi connectivity index (χ3v) is 9.07. The molecule has 148 valence electrons. The number of carbonyl (C=O) groups is 2. The zero-order chi connectivity index (χ0) is 19.1. The lowest BCUT2D eigenvalue weighted by molar-refractivity contribution is -0.134. The predicted molar refractivity (Wildman–Crippen MR) is 104 cm³/mol. The van der Waals surface area contributed by atoms with Gasteiger partial charge in [-0.25, -0.2) is 0 Å². The van der Waals surface area contributed by atoms with E-state index in [4.69, 9.17) is 9.90 Å². The molecule has 0 aromatic carbocycles. The van der Waals surface area contributed by atoms with Gasteiger partial charge >= 0.3 is 0 Å². The van der Waals surface area contributed by atoms with Crippen molar-refractivity contribution in [2.24, 2.45) is 40.4 Å². The molecule has 0 amide bonds. The largest absolute Gasteiger partial charge is 0.481 e. The second kappa shape index (κ2) is 7.28. The molecule has 0 bridgehead atoms. The summed E-state index contributed by atoms with van der Waals surface area (Å²) < 4.78 is 0. The van der Waals surface area contributed by atoms with Crippen molar-refractivity contribution in [3.8, 4) is 0 Å². The molecule has 4 aliphatic carbocycles. The van der Waals surface area contributed by atoms with E-state index in [9.17, 15) is 4.79 Å². The zero-order valence-electron chi connectivity index (χ0n) is 17.2. The number of aliphatic carboxylic acids is 1. The zero-order valence-corrected chi connectivity index (χ0v) is 17.2. The third-order valence-electron chi connectivity index (χ3n) is 9.07. The number of hydrogen-bond acceptors (Lipinski definition) is 2. The van der Waals surface area contributed by atoms with Gasteiger partial charge in [-0.15, -0.1) is 0 Å². The van der Waals surface area contributed by atoms with Gasteiger partial charge in [0.25, 0.3) is 5.97 Å². The molecule has 4 saturated carbocycles. The van der Waals surface area contributed by atoms with Crippen LogP contribution < -0.4 is 0 Å². The first-order valence-corrected chi connectivity index (χ1v) is 10.9. The number of Topliss-reactive ketones (excluding diaryl/α,β-unsaturated/α-hetero) is 1. The molecule has 4 aliphatic rings. The number of rotatable bonds is 1. The van der Waals surface area contributed by atoms with Crippen molar-refractivity contribution in [2.75, 3.05) is 0 Å². The molecule has 0 spiro atoms.